The van der Waals surface area contributed by atoms with Crippen molar-refractivity contribution in [2.75, 3.05) is 0 Å². The summed E-state index contributed by atoms with van der Waals surface area (Å²) < 4.78 is 40.7. The lowest BCUT2D eigenvalue weighted by molar-refractivity contribution is -0.274. The van der Waals surface area contributed by atoms with Crippen molar-refractivity contribution in [3.63, 3.8) is 0 Å². The molecular formula is C11H6ClF3N2O. The zero-order valence-electron chi connectivity index (χ0n) is 8.78. The van der Waals surface area contributed by atoms with Gasteiger partial charge in [0.05, 0.1) is 0 Å². The number of halogens is 4. The van der Waals surface area contributed by atoms with E-state index in [-0.39, 0.29) is 22.0 Å². The first-order valence-corrected chi connectivity index (χ1v) is 5.16. The molecular weight excluding hydrogens is 269 g/mol. The third-order valence-corrected chi connectivity index (χ3v) is 2.37. The molecule has 0 unspecified atom stereocenters. The number of nitrogens with zero attached hydrogens (tertiary/aromatic N) is 2. The number of benzene rings is 1. The highest BCUT2D eigenvalue weighted by Crippen LogP contribution is 2.35. The van der Waals surface area contributed by atoms with Crippen molar-refractivity contribution in [3.8, 4) is 16.9 Å². The molecule has 0 fully saturated rings. The third-order valence-electron chi connectivity index (χ3n) is 2.07. The number of para-hydroxylation sites is 1. The molecule has 0 aliphatic heterocycles. The van der Waals surface area contributed by atoms with Gasteiger partial charge >= 0.3 is 6.36 Å². The van der Waals surface area contributed by atoms with Gasteiger partial charge in [-0.05, 0) is 6.07 Å². The number of ether oxygens (including phenoxy) is 1. The van der Waals surface area contributed by atoms with Crippen molar-refractivity contribution in [2.45, 2.75) is 6.36 Å². The fraction of sp³-hybridized carbons (Fsp3) is 0.0909. The van der Waals surface area contributed by atoms with Gasteiger partial charge in [0.2, 0.25) is 0 Å². The van der Waals surface area contributed by atoms with Crippen molar-refractivity contribution in [3.05, 3.63) is 41.9 Å². The van der Waals surface area contributed by atoms with Crippen LogP contribution in [0.25, 0.3) is 11.1 Å². The predicted octanol–water partition coefficient (Wildman–Crippen LogP) is 3.70. The normalized spacial score (nSPS) is 11.3. The fourth-order valence-electron chi connectivity index (χ4n) is 1.40. The summed E-state index contributed by atoms with van der Waals surface area (Å²) in [6.45, 7) is 0. The second-order valence-corrected chi connectivity index (χ2v) is 3.63. The van der Waals surface area contributed by atoms with Crippen LogP contribution in [0.5, 0.6) is 5.75 Å². The van der Waals surface area contributed by atoms with E-state index in [1.165, 1.54) is 30.7 Å². The van der Waals surface area contributed by atoms with Crippen LogP contribution in [0, 0.1) is 0 Å². The molecule has 94 valence electrons. The zero-order chi connectivity index (χ0) is 13.2. The van der Waals surface area contributed by atoms with Gasteiger partial charge in [0, 0.05) is 17.3 Å². The van der Waals surface area contributed by atoms with Crippen molar-refractivity contribution < 1.29 is 17.9 Å². The highest BCUT2D eigenvalue weighted by atomic mass is 35.5. The summed E-state index contributed by atoms with van der Waals surface area (Å²) in [6, 6.07) is 5.65. The second-order valence-electron chi connectivity index (χ2n) is 3.27. The molecule has 18 heavy (non-hydrogen) atoms. The van der Waals surface area contributed by atoms with Crippen molar-refractivity contribution in [1.82, 2.24) is 9.97 Å². The van der Waals surface area contributed by atoms with Gasteiger partial charge in [0.15, 0.2) is 0 Å². The van der Waals surface area contributed by atoms with Crippen LogP contribution in [-0.2, 0) is 0 Å². The van der Waals surface area contributed by atoms with Crippen LogP contribution in [0.2, 0.25) is 5.15 Å². The van der Waals surface area contributed by atoms with Gasteiger partial charge in [-0.2, -0.15) is 0 Å². The molecule has 0 aliphatic carbocycles. The molecule has 0 aliphatic rings. The average molecular weight is 275 g/mol. The van der Waals surface area contributed by atoms with Crippen LogP contribution in [0.15, 0.2) is 36.8 Å². The number of alkyl halides is 3. The first-order valence-electron chi connectivity index (χ1n) is 4.78. The molecule has 2 aromatic rings. The third kappa shape index (κ3) is 2.89. The quantitative estimate of drug-likeness (QED) is 0.783. The molecule has 1 aromatic heterocycles. The van der Waals surface area contributed by atoms with Gasteiger partial charge in [-0.15, -0.1) is 13.2 Å². The standard InChI is InChI=1S/C11H6ClF3N2O/c12-10-8(5-16-6-17-10)7-3-1-2-4-9(7)18-11(13,14)15/h1-6H. The van der Waals surface area contributed by atoms with Gasteiger partial charge < -0.3 is 4.74 Å². The van der Waals surface area contributed by atoms with Crippen LogP contribution >= 0.6 is 11.6 Å². The average Bonchev–Trinajstić information content (AvgIpc) is 2.29. The summed E-state index contributed by atoms with van der Waals surface area (Å²) in [5.41, 5.74) is 0.458. The molecule has 2 rings (SSSR count). The maximum Gasteiger partial charge on any atom is 0.573 e. The van der Waals surface area contributed by atoms with E-state index in [0.717, 1.165) is 0 Å². The molecule has 0 saturated carbocycles. The Morgan fingerprint density at radius 2 is 1.83 bits per heavy atom. The van der Waals surface area contributed by atoms with E-state index in [9.17, 15) is 13.2 Å². The summed E-state index contributed by atoms with van der Waals surface area (Å²) in [5.74, 6) is -0.346. The topological polar surface area (TPSA) is 35.0 Å². The zero-order valence-corrected chi connectivity index (χ0v) is 9.53. The molecule has 0 saturated heterocycles. The maximum absolute atomic E-state index is 12.3. The number of hydrogen-bond donors (Lipinski definition) is 0. The van der Waals surface area contributed by atoms with Crippen molar-refractivity contribution in [1.29, 1.82) is 0 Å². The highest BCUT2D eigenvalue weighted by molar-refractivity contribution is 6.32. The molecule has 0 spiro atoms. The van der Waals surface area contributed by atoms with Gasteiger partial charge in [-0.25, -0.2) is 9.97 Å². The Morgan fingerprint density at radius 3 is 2.50 bits per heavy atom. The van der Waals surface area contributed by atoms with Crippen LogP contribution < -0.4 is 4.74 Å². The van der Waals surface area contributed by atoms with E-state index in [0.29, 0.717) is 0 Å². The van der Waals surface area contributed by atoms with E-state index in [1.807, 2.05) is 0 Å². The Labute approximate surface area is 105 Å². The summed E-state index contributed by atoms with van der Waals surface area (Å²) in [4.78, 5) is 7.44. The summed E-state index contributed by atoms with van der Waals surface area (Å²) in [7, 11) is 0. The monoisotopic (exact) mass is 274 g/mol. The molecule has 0 N–H and O–H groups in total. The minimum atomic E-state index is -4.77. The largest absolute Gasteiger partial charge is 0.573 e. The Morgan fingerprint density at radius 1 is 1.11 bits per heavy atom. The predicted molar refractivity (Wildman–Crippen MR) is 59.2 cm³/mol. The van der Waals surface area contributed by atoms with E-state index in [4.69, 9.17) is 11.6 Å². The van der Waals surface area contributed by atoms with Gasteiger partial charge in [-0.3, -0.25) is 0 Å². The first kappa shape index (κ1) is 12.6. The number of hydrogen-bond acceptors (Lipinski definition) is 3. The molecule has 3 nitrogen and oxygen atoms in total. The van der Waals surface area contributed by atoms with E-state index >= 15 is 0 Å². The van der Waals surface area contributed by atoms with Gasteiger partial charge in [0.25, 0.3) is 0 Å². The minimum Gasteiger partial charge on any atom is -0.405 e. The molecule has 1 heterocycles. The fourth-order valence-corrected chi connectivity index (χ4v) is 1.59. The summed E-state index contributed by atoms with van der Waals surface area (Å²) in [6.07, 6.45) is -2.23. The Balaban J connectivity index is 2.49. The number of aromatic nitrogens is 2. The number of rotatable bonds is 2. The molecule has 0 atom stereocenters. The van der Waals surface area contributed by atoms with Crippen LogP contribution in [0.1, 0.15) is 0 Å². The lowest BCUT2D eigenvalue weighted by Crippen LogP contribution is -2.17. The minimum absolute atomic E-state index is 0.0585. The molecule has 7 heteroatoms. The van der Waals surface area contributed by atoms with Crippen molar-refractivity contribution >= 4 is 11.6 Å². The lowest BCUT2D eigenvalue weighted by atomic mass is 10.1. The van der Waals surface area contributed by atoms with Gasteiger partial charge in [0.1, 0.15) is 17.2 Å². The Hall–Kier alpha value is -1.82. The highest BCUT2D eigenvalue weighted by Gasteiger charge is 2.32. The van der Waals surface area contributed by atoms with Crippen molar-refractivity contribution in [2.24, 2.45) is 0 Å². The second kappa shape index (κ2) is 4.81. The molecule has 0 bridgehead atoms. The van der Waals surface area contributed by atoms with Crippen LogP contribution in [0.4, 0.5) is 13.2 Å². The summed E-state index contributed by atoms with van der Waals surface area (Å²) >= 11 is 5.81. The maximum atomic E-state index is 12.3. The van der Waals surface area contributed by atoms with E-state index in [1.54, 1.807) is 6.07 Å². The first-order chi connectivity index (χ1) is 8.47. The lowest BCUT2D eigenvalue weighted by Gasteiger charge is -2.13. The molecule has 1 aromatic carbocycles. The Kier molecular flexibility index (Phi) is 3.38. The van der Waals surface area contributed by atoms with Crippen LogP contribution in [0.3, 0.4) is 0 Å². The van der Waals surface area contributed by atoms with Crippen LogP contribution in [-0.4, -0.2) is 16.3 Å². The molecule has 0 amide bonds. The molecule has 0 radical (unpaired) electrons. The van der Waals surface area contributed by atoms with E-state index < -0.39 is 6.36 Å². The smallest absolute Gasteiger partial charge is 0.405 e. The summed E-state index contributed by atoms with van der Waals surface area (Å²) in [5, 5.41) is 0.0585. The van der Waals surface area contributed by atoms with E-state index in [2.05, 4.69) is 14.7 Å². The van der Waals surface area contributed by atoms with Gasteiger partial charge in [-0.1, -0.05) is 29.8 Å². The SMILES string of the molecule is FC(F)(F)Oc1ccccc1-c1cncnc1Cl. The Bertz CT molecular complexity index is 560.